The van der Waals surface area contributed by atoms with Crippen LogP contribution in [0.25, 0.3) is 0 Å². The van der Waals surface area contributed by atoms with Crippen LogP contribution in [0.2, 0.25) is 5.02 Å². The highest BCUT2D eigenvalue weighted by Gasteiger charge is 2.38. The Bertz CT molecular complexity index is 1820. The van der Waals surface area contributed by atoms with Crippen LogP contribution in [0, 0.1) is 17.6 Å². The maximum Gasteiger partial charge on any atom is 0.401 e. The zero-order chi connectivity index (χ0) is 34.6. The van der Waals surface area contributed by atoms with Crippen LogP contribution in [0.3, 0.4) is 0 Å². The monoisotopic (exact) mass is 732 g/mol. The summed E-state index contributed by atoms with van der Waals surface area (Å²) >= 11 is 6.75. The van der Waals surface area contributed by atoms with Crippen LogP contribution >= 0.6 is 23.1 Å². The molecule has 1 aliphatic heterocycles. The lowest BCUT2D eigenvalue weighted by molar-refractivity contribution is -0.150. The summed E-state index contributed by atoms with van der Waals surface area (Å²) in [5, 5.41) is 0.378. The second kappa shape index (κ2) is 14.8. The van der Waals surface area contributed by atoms with Gasteiger partial charge in [0, 0.05) is 52.8 Å². The normalized spacial score (nSPS) is 17.2. The zero-order valence-electron chi connectivity index (χ0n) is 25.6. The van der Waals surface area contributed by atoms with E-state index in [1.54, 1.807) is 42.5 Å². The van der Waals surface area contributed by atoms with Crippen LogP contribution in [0.5, 0.6) is 17.2 Å². The van der Waals surface area contributed by atoms with Crippen LogP contribution in [-0.4, -0.2) is 69.3 Å². The minimum atomic E-state index is -4.78. The van der Waals surface area contributed by atoms with Gasteiger partial charge in [-0.15, -0.1) is 0 Å². The second-order valence-electron chi connectivity index (χ2n) is 11.0. The topological polar surface area (TPSA) is 94.1 Å². The number of alkyl halides is 3. The number of halogens is 6. The average Bonchev–Trinajstić information content (AvgIpc) is 3.58. The van der Waals surface area contributed by atoms with Gasteiger partial charge in [-0.25, -0.2) is 26.5 Å². The lowest BCUT2D eigenvalue weighted by atomic mass is 9.81. The van der Waals surface area contributed by atoms with Gasteiger partial charge in [-0.1, -0.05) is 23.7 Å². The molecule has 1 aliphatic rings. The first-order valence-corrected chi connectivity index (χ1v) is 17.0. The number of sulfonamides is 1. The number of rotatable bonds is 12. The summed E-state index contributed by atoms with van der Waals surface area (Å²) in [5.74, 6) is -3.14. The number of piperidine rings is 1. The first-order valence-electron chi connectivity index (χ1n) is 14.5. The molecular weight excluding hydrogens is 703 g/mol. The number of methoxy groups -OCH3 is 2. The Morgan fingerprint density at radius 1 is 1.02 bits per heavy atom. The third-order valence-corrected chi connectivity index (χ3v) is 10.7. The number of nitrogens with zero attached hydrogens (tertiary/aromatic N) is 4. The van der Waals surface area contributed by atoms with Crippen LogP contribution in [-0.2, 0) is 16.6 Å². The molecule has 17 heteroatoms. The molecule has 1 saturated heterocycles. The predicted molar refractivity (Wildman–Crippen MR) is 169 cm³/mol. The van der Waals surface area contributed by atoms with Crippen molar-refractivity contribution in [3.05, 3.63) is 88.7 Å². The first kappa shape index (κ1) is 35.6. The Labute approximate surface area is 283 Å². The van der Waals surface area contributed by atoms with E-state index in [2.05, 4.69) is 9.36 Å². The molecule has 48 heavy (non-hydrogen) atoms. The standard InChI is InChI=1S/C31H30ClF5N4O5S2/c1-44-23-8-5-20(27(11-23)45-2)15-41(30-38-18-39-47-30)48(42,43)29-13-25(33)28(12-26(29)34)46-16-21-14-40(17-31(35,36)37)10-9-24(21)19-3-6-22(32)7-4-19/h3-8,11-13,18,21,24H,9-10,14-17H2,1-2H3. The predicted octanol–water partition coefficient (Wildman–Crippen LogP) is 6.93. The molecule has 2 atom stereocenters. The Balaban J connectivity index is 1.41. The van der Waals surface area contributed by atoms with Gasteiger partial charge in [0.05, 0.1) is 33.9 Å². The van der Waals surface area contributed by atoms with Crippen molar-refractivity contribution in [1.29, 1.82) is 0 Å². The van der Waals surface area contributed by atoms with Gasteiger partial charge in [-0.2, -0.15) is 17.5 Å². The summed E-state index contributed by atoms with van der Waals surface area (Å²) in [7, 11) is -1.95. The highest BCUT2D eigenvalue weighted by molar-refractivity contribution is 7.93. The van der Waals surface area contributed by atoms with Crippen molar-refractivity contribution in [3.63, 3.8) is 0 Å². The van der Waals surface area contributed by atoms with Crippen LogP contribution < -0.4 is 18.5 Å². The van der Waals surface area contributed by atoms with Crippen LogP contribution in [0.15, 0.2) is 65.8 Å². The van der Waals surface area contributed by atoms with Gasteiger partial charge in [0.25, 0.3) is 10.0 Å². The molecule has 9 nitrogen and oxygen atoms in total. The van der Waals surface area contributed by atoms with Crippen molar-refractivity contribution < 1.29 is 44.6 Å². The average molecular weight is 733 g/mol. The van der Waals surface area contributed by atoms with Gasteiger partial charge in [0.15, 0.2) is 11.6 Å². The molecule has 5 rings (SSSR count). The number of benzene rings is 3. The van der Waals surface area contributed by atoms with Gasteiger partial charge in [-0.3, -0.25) is 4.90 Å². The molecule has 2 unspecified atom stereocenters. The molecule has 1 aromatic heterocycles. The fourth-order valence-electron chi connectivity index (χ4n) is 5.63. The largest absolute Gasteiger partial charge is 0.497 e. The quantitative estimate of drug-likeness (QED) is 0.145. The van der Waals surface area contributed by atoms with Gasteiger partial charge >= 0.3 is 6.18 Å². The number of aromatic nitrogens is 2. The summed E-state index contributed by atoms with van der Waals surface area (Å²) in [6.07, 6.45) is -2.93. The molecule has 2 heterocycles. The van der Waals surface area contributed by atoms with E-state index in [0.717, 1.165) is 27.7 Å². The molecule has 0 N–H and O–H groups in total. The number of likely N-dealkylation sites (tertiary alicyclic amines) is 1. The summed E-state index contributed by atoms with van der Waals surface area (Å²) in [5.41, 5.74) is 1.19. The van der Waals surface area contributed by atoms with Gasteiger partial charge in [-0.05, 0) is 48.7 Å². The van der Waals surface area contributed by atoms with Crippen molar-refractivity contribution in [2.24, 2.45) is 5.92 Å². The van der Waals surface area contributed by atoms with E-state index in [-0.39, 0.29) is 43.0 Å². The number of hydrogen-bond acceptors (Lipinski definition) is 9. The molecule has 0 spiro atoms. The molecular formula is C31H30ClF5N4O5S2. The summed E-state index contributed by atoms with van der Waals surface area (Å²) in [4.78, 5) is 4.24. The molecule has 0 radical (unpaired) electrons. The first-order chi connectivity index (χ1) is 22.8. The van der Waals surface area contributed by atoms with Crippen molar-refractivity contribution in [3.8, 4) is 17.2 Å². The molecule has 4 aromatic rings. The Morgan fingerprint density at radius 2 is 1.77 bits per heavy atom. The third kappa shape index (κ3) is 8.28. The Kier molecular flexibility index (Phi) is 11.0. The molecule has 1 fully saturated rings. The smallest absolute Gasteiger partial charge is 0.401 e. The summed E-state index contributed by atoms with van der Waals surface area (Å²) < 4.78 is 119. The van der Waals surface area contributed by atoms with Crippen molar-refractivity contribution >= 4 is 38.3 Å². The zero-order valence-corrected chi connectivity index (χ0v) is 28.0. The summed E-state index contributed by atoms with van der Waals surface area (Å²) in [6, 6.07) is 12.7. The van der Waals surface area contributed by atoms with E-state index in [1.165, 1.54) is 19.1 Å². The lowest BCUT2D eigenvalue weighted by Crippen LogP contribution is -2.45. The van der Waals surface area contributed by atoms with Crippen LogP contribution in [0.1, 0.15) is 23.5 Å². The van der Waals surface area contributed by atoms with E-state index in [1.807, 2.05) is 0 Å². The van der Waals surface area contributed by atoms with Crippen molar-refractivity contribution in [2.75, 3.05) is 44.8 Å². The minimum Gasteiger partial charge on any atom is -0.497 e. The maximum atomic E-state index is 15.6. The number of anilines is 1. The second-order valence-corrected chi connectivity index (χ2v) is 14.0. The van der Waals surface area contributed by atoms with Gasteiger partial charge in [0.1, 0.15) is 28.5 Å². The molecule has 0 aliphatic carbocycles. The lowest BCUT2D eigenvalue weighted by Gasteiger charge is -2.39. The van der Waals surface area contributed by atoms with Gasteiger partial charge in [0.2, 0.25) is 5.13 Å². The maximum absolute atomic E-state index is 15.6. The third-order valence-electron chi connectivity index (χ3n) is 7.90. The summed E-state index contributed by atoms with van der Waals surface area (Å²) in [6.45, 7) is -1.61. The fraction of sp³-hybridized carbons (Fsp3) is 0.355. The Morgan fingerprint density at radius 3 is 2.42 bits per heavy atom. The number of hydrogen-bond donors (Lipinski definition) is 0. The molecule has 0 bridgehead atoms. The molecule has 0 saturated carbocycles. The van der Waals surface area contributed by atoms with Crippen LogP contribution in [0.4, 0.5) is 27.1 Å². The highest BCUT2D eigenvalue weighted by atomic mass is 35.5. The fourth-order valence-corrected chi connectivity index (χ4v) is 7.94. The molecule has 258 valence electrons. The van der Waals surface area contributed by atoms with E-state index < -0.39 is 50.9 Å². The minimum absolute atomic E-state index is 0.0189. The Hall–Kier alpha value is -3.73. The highest BCUT2D eigenvalue weighted by Crippen LogP contribution is 2.37. The van der Waals surface area contributed by atoms with Crippen molar-refractivity contribution in [1.82, 2.24) is 14.3 Å². The SMILES string of the molecule is COc1ccc(CN(c2ncns2)S(=O)(=O)c2cc(F)c(OCC3CN(CC(F)(F)F)CCC3c3ccc(Cl)cc3)cc2F)c(OC)c1. The van der Waals surface area contributed by atoms with E-state index in [9.17, 15) is 21.6 Å². The van der Waals surface area contributed by atoms with Crippen molar-refractivity contribution in [2.45, 2.75) is 30.0 Å². The number of ether oxygens (including phenoxy) is 3. The van der Waals surface area contributed by atoms with E-state index >= 15 is 8.78 Å². The molecule has 3 aromatic carbocycles. The van der Waals surface area contributed by atoms with E-state index in [4.69, 9.17) is 25.8 Å². The molecule has 0 amide bonds. The van der Waals surface area contributed by atoms with Gasteiger partial charge < -0.3 is 14.2 Å². The van der Waals surface area contributed by atoms with E-state index in [0.29, 0.717) is 34.9 Å².